The third kappa shape index (κ3) is 1.44. The second kappa shape index (κ2) is 3.76. The fourth-order valence-electron chi connectivity index (χ4n) is 3.25. The molecule has 1 aromatic heterocycles. The fraction of sp³-hybridized carbons (Fsp3) is 0.538. The van der Waals surface area contributed by atoms with Crippen molar-refractivity contribution < 1.29 is 14.6 Å². The van der Waals surface area contributed by atoms with Crippen LogP contribution < -0.4 is 10.9 Å². The number of pyridine rings is 1. The highest BCUT2D eigenvalue weighted by Crippen LogP contribution is 2.47. The molecule has 0 radical (unpaired) electrons. The van der Waals surface area contributed by atoms with E-state index in [2.05, 4.69) is 5.43 Å². The Morgan fingerprint density at radius 1 is 1.40 bits per heavy atom. The minimum atomic E-state index is -0.541. The van der Waals surface area contributed by atoms with Crippen molar-refractivity contribution in [3.05, 3.63) is 28.2 Å². The standard InChI is InChI=1S/C13H15N3O4/c17-9-1-3-16-10(11(9)18)12(19)15(7-14-16)8-5-13(6-8)2-4-20-13/h1,3,8,14,18H,2,4-7H2. The van der Waals surface area contributed by atoms with Crippen molar-refractivity contribution in [3.63, 3.8) is 0 Å². The van der Waals surface area contributed by atoms with Gasteiger partial charge < -0.3 is 20.2 Å². The van der Waals surface area contributed by atoms with Crippen molar-refractivity contribution in [1.29, 1.82) is 0 Å². The molecule has 2 N–H and O–H groups in total. The van der Waals surface area contributed by atoms with Crippen molar-refractivity contribution in [3.8, 4) is 5.75 Å². The van der Waals surface area contributed by atoms with Gasteiger partial charge in [-0.05, 0) is 19.3 Å². The molecule has 4 rings (SSSR count). The normalized spacial score (nSPS) is 31.3. The van der Waals surface area contributed by atoms with Gasteiger partial charge >= 0.3 is 0 Å². The zero-order valence-corrected chi connectivity index (χ0v) is 10.8. The lowest BCUT2D eigenvalue weighted by molar-refractivity contribution is -0.212. The highest BCUT2D eigenvalue weighted by molar-refractivity contribution is 5.96. The Labute approximate surface area is 114 Å². The maximum atomic E-state index is 12.5. The highest BCUT2D eigenvalue weighted by Gasteiger charge is 2.53. The number of rotatable bonds is 1. The Bertz CT molecular complexity index is 642. The number of amides is 1. The highest BCUT2D eigenvalue weighted by atomic mass is 16.5. The van der Waals surface area contributed by atoms with Crippen LogP contribution in [0.25, 0.3) is 0 Å². The zero-order chi connectivity index (χ0) is 13.9. The van der Waals surface area contributed by atoms with Gasteiger partial charge in [-0.2, -0.15) is 0 Å². The largest absolute Gasteiger partial charge is 0.502 e. The molecule has 2 fully saturated rings. The Balaban J connectivity index is 1.61. The first-order valence-corrected chi connectivity index (χ1v) is 6.73. The molecule has 1 amide bonds. The summed E-state index contributed by atoms with van der Waals surface area (Å²) in [5, 5.41) is 9.82. The number of nitrogens with one attached hydrogen (secondary N) is 1. The van der Waals surface area contributed by atoms with Gasteiger partial charge in [0, 0.05) is 18.3 Å². The number of aromatic nitrogens is 1. The van der Waals surface area contributed by atoms with Crippen LogP contribution in [0.2, 0.25) is 0 Å². The molecular formula is C13H15N3O4. The van der Waals surface area contributed by atoms with Crippen LogP contribution in [0.1, 0.15) is 29.8 Å². The molecule has 1 saturated heterocycles. The first-order chi connectivity index (χ1) is 9.60. The van der Waals surface area contributed by atoms with Crippen LogP contribution in [0, 0.1) is 0 Å². The van der Waals surface area contributed by atoms with E-state index in [4.69, 9.17) is 4.74 Å². The summed E-state index contributed by atoms with van der Waals surface area (Å²) in [5.74, 6) is -0.804. The lowest BCUT2D eigenvalue weighted by Gasteiger charge is -2.56. The van der Waals surface area contributed by atoms with Crippen LogP contribution in [0.15, 0.2) is 17.1 Å². The van der Waals surface area contributed by atoms with Crippen molar-refractivity contribution in [2.24, 2.45) is 0 Å². The van der Waals surface area contributed by atoms with E-state index in [1.165, 1.54) is 16.9 Å². The maximum Gasteiger partial charge on any atom is 0.278 e. The van der Waals surface area contributed by atoms with Crippen LogP contribution in [-0.2, 0) is 4.74 Å². The lowest BCUT2D eigenvalue weighted by atomic mass is 9.70. The molecule has 2 aliphatic heterocycles. The number of carbonyl (C=O) groups is 1. The monoisotopic (exact) mass is 277 g/mol. The van der Waals surface area contributed by atoms with Gasteiger partial charge in [-0.25, -0.2) is 0 Å². The van der Waals surface area contributed by atoms with Gasteiger partial charge in [0.05, 0.1) is 12.2 Å². The van der Waals surface area contributed by atoms with Crippen molar-refractivity contribution in [2.45, 2.75) is 30.9 Å². The van der Waals surface area contributed by atoms with E-state index < -0.39 is 11.2 Å². The van der Waals surface area contributed by atoms with Crippen LogP contribution >= 0.6 is 0 Å². The molecule has 7 nitrogen and oxygen atoms in total. The summed E-state index contributed by atoms with van der Waals surface area (Å²) in [6.07, 6.45) is 4.18. The van der Waals surface area contributed by atoms with Gasteiger partial charge in [0.15, 0.2) is 11.4 Å². The average molecular weight is 277 g/mol. The van der Waals surface area contributed by atoms with Crippen molar-refractivity contribution in [1.82, 2.24) is 9.58 Å². The summed E-state index contributed by atoms with van der Waals surface area (Å²) in [7, 11) is 0. The van der Waals surface area contributed by atoms with Gasteiger partial charge in [-0.15, -0.1) is 0 Å². The smallest absolute Gasteiger partial charge is 0.278 e. The molecule has 1 aromatic rings. The molecule has 20 heavy (non-hydrogen) atoms. The van der Waals surface area contributed by atoms with E-state index in [-0.39, 0.29) is 23.2 Å². The predicted octanol–water partition coefficient (Wildman–Crippen LogP) is -0.168. The average Bonchev–Trinajstić information content (AvgIpc) is 2.32. The molecule has 0 aromatic carbocycles. The van der Waals surface area contributed by atoms with E-state index in [1.54, 1.807) is 4.90 Å². The maximum absolute atomic E-state index is 12.5. The van der Waals surface area contributed by atoms with E-state index in [1.807, 2.05) is 0 Å². The number of nitrogens with zero attached hydrogens (tertiary/aromatic N) is 2. The van der Waals surface area contributed by atoms with E-state index in [0.29, 0.717) is 6.67 Å². The summed E-state index contributed by atoms with van der Waals surface area (Å²) in [4.78, 5) is 25.6. The van der Waals surface area contributed by atoms with Gasteiger partial charge in [-0.1, -0.05) is 0 Å². The Morgan fingerprint density at radius 3 is 2.80 bits per heavy atom. The van der Waals surface area contributed by atoms with E-state index in [0.717, 1.165) is 25.9 Å². The summed E-state index contributed by atoms with van der Waals surface area (Å²) >= 11 is 0. The minimum Gasteiger partial charge on any atom is -0.502 e. The topological polar surface area (TPSA) is 83.8 Å². The second-order valence-electron chi connectivity index (χ2n) is 5.68. The number of hydrogen-bond donors (Lipinski definition) is 2. The van der Waals surface area contributed by atoms with Gasteiger partial charge in [0.1, 0.15) is 6.67 Å². The van der Waals surface area contributed by atoms with E-state index >= 15 is 0 Å². The van der Waals surface area contributed by atoms with Crippen LogP contribution in [0.4, 0.5) is 0 Å². The summed E-state index contributed by atoms with van der Waals surface area (Å²) in [6.45, 7) is 1.17. The van der Waals surface area contributed by atoms with E-state index in [9.17, 15) is 14.7 Å². The number of carbonyl (C=O) groups excluding carboxylic acids is 1. The first-order valence-electron chi connectivity index (χ1n) is 6.73. The molecule has 106 valence electrons. The molecule has 1 saturated carbocycles. The number of ether oxygens (including phenoxy) is 1. The Kier molecular flexibility index (Phi) is 2.21. The molecule has 3 aliphatic rings. The molecule has 3 heterocycles. The number of hydrogen-bond acceptors (Lipinski definition) is 5. The quantitative estimate of drug-likeness (QED) is 0.744. The fourth-order valence-corrected chi connectivity index (χ4v) is 3.25. The first kappa shape index (κ1) is 11.8. The zero-order valence-electron chi connectivity index (χ0n) is 10.8. The number of fused-ring (bicyclic) bond motifs is 1. The lowest BCUT2D eigenvalue weighted by Crippen LogP contribution is -2.64. The van der Waals surface area contributed by atoms with Crippen LogP contribution in [0.3, 0.4) is 0 Å². The third-order valence-electron chi connectivity index (χ3n) is 4.57. The summed E-state index contributed by atoms with van der Waals surface area (Å²) < 4.78 is 6.97. The van der Waals surface area contributed by atoms with Gasteiger partial charge in [0.2, 0.25) is 5.43 Å². The van der Waals surface area contributed by atoms with Crippen molar-refractivity contribution >= 4 is 5.91 Å². The molecule has 0 atom stereocenters. The van der Waals surface area contributed by atoms with Crippen LogP contribution in [0.5, 0.6) is 5.75 Å². The Morgan fingerprint density at radius 2 is 2.15 bits per heavy atom. The van der Waals surface area contributed by atoms with Crippen molar-refractivity contribution in [2.75, 3.05) is 18.7 Å². The number of aromatic hydroxyl groups is 1. The molecular weight excluding hydrogens is 262 g/mol. The second-order valence-corrected chi connectivity index (χ2v) is 5.68. The SMILES string of the molecule is O=C1c2c(O)c(=O)ccn2NCN1C1CC2(CCO2)C1. The van der Waals surface area contributed by atoms with Crippen LogP contribution in [-0.4, -0.2) is 45.5 Å². The molecule has 0 bridgehead atoms. The molecule has 7 heteroatoms. The summed E-state index contributed by atoms with van der Waals surface area (Å²) in [5.41, 5.74) is 2.46. The van der Waals surface area contributed by atoms with Gasteiger partial charge in [0.25, 0.3) is 5.91 Å². The molecule has 0 unspecified atom stereocenters. The third-order valence-corrected chi connectivity index (χ3v) is 4.57. The predicted molar refractivity (Wildman–Crippen MR) is 69.1 cm³/mol. The molecule has 1 aliphatic carbocycles. The summed E-state index contributed by atoms with van der Waals surface area (Å²) in [6, 6.07) is 1.34. The van der Waals surface area contributed by atoms with Gasteiger partial charge in [-0.3, -0.25) is 14.3 Å². The minimum absolute atomic E-state index is 0.0131. The molecule has 1 spiro atoms. The Hall–Kier alpha value is -2.02.